The lowest BCUT2D eigenvalue weighted by atomic mass is 9.80. The largest absolute Gasteiger partial charge is 0.444 e. The summed E-state index contributed by atoms with van der Waals surface area (Å²) in [6, 6.07) is -0.156. The van der Waals surface area contributed by atoms with E-state index in [1.165, 1.54) is 6.33 Å². The number of carbonyl (C=O) groups excluding carboxylic acids is 2. The number of hydrogen-bond donors (Lipinski definition) is 2. The first-order chi connectivity index (χ1) is 13.1. The summed E-state index contributed by atoms with van der Waals surface area (Å²) in [6.45, 7) is 10.5. The van der Waals surface area contributed by atoms with Gasteiger partial charge in [0, 0.05) is 26.7 Å². The Hall–Kier alpha value is -2.58. The number of nitrogens with one attached hydrogen (secondary N) is 2. The SMILES string of the molecule is CN1Cc2c(ncnc2N2CCC(C)(CNC(=O)OC(C)(C)C)CC2)NC1=O. The van der Waals surface area contributed by atoms with Gasteiger partial charge in [0.2, 0.25) is 0 Å². The highest BCUT2D eigenvalue weighted by Gasteiger charge is 2.34. The predicted molar refractivity (Wildman–Crippen MR) is 106 cm³/mol. The smallest absolute Gasteiger partial charge is 0.407 e. The number of fused-ring (bicyclic) bond motifs is 1. The van der Waals surface area contributed by atoms with Crippen molar-refractivity contribution < 1.29 is 14.3 Å². The second-order valence-corrected chi connectivity index (χ2v) is 8.96. The summed E-state index contributed by atoms with van der Waals surface area (Å²) >= 11 is 0. The molecular formula is C19H30N6O3. The number of nitrogens with zero attached hydrogens (tertiary/aromatic N) is 4. The quantitative estimate of drug-likeness (QED) is 0.823. The molecule has 0 aliphatic carbocycles. The average molecular weight is 390 g/mol. The first-order valence-electron chi connectivity index (χ1n) is 9.64. The molecule has 1 aromatic rings. The number of piperidine rings is 1. The van der Waals surface area contributed by atoms with Gasteiger partial charge < -0.3 is 19.9 Å². The minimum absolute atomic E-state index is 0.00546. The molecule has 28 heavy (non-hydrogen) atoms. The molecule has 1 aromatic heterocycles. The van der Waals surface area contributed by atoms with E-state index in [0.29, 0.717) is 18.9 Å². The zero-order valence-electron chi connectivity index (χ0n) is 17.3. The molecule has 3 amide bonds. The Morgan fingerprint density at radius 2 is 2.00 bits per heavy atom. The van der Waals surface area contributed by atoms with Crippen LogP contribution in [0.5, 0.6) is 0 Å². The number of carbonyl (C=O) groups is 2. The van der Waals surface area contributed by atoms with Crippen LogP contribution in [-0.4, -0.2) is 59.3 Å². The maximum absolute atomic E-state index is 11.9. The third-order valence-electron chi connectivity index (χ3n) is 5.22. The Balaban J connectivity index is 1.61. The number of ether oxygens (including phenoxy) is 1. The molecule has 9 nitrogen and oxygen atoms in total. The van der Waals surface area contributed by atoms with Crippen molar-refractivity contribution in [2.45, 2.75) is 52.7 Å². The molecule has 0 spiro atoms. The van der Waals surface area contributed by atoms with Crippen molar-refractivity contribution in [3.8, 4) is 0 Å². The fourth-order valence-corrected chi connectivity index (χ4v) is 3.47. The molecule has 0 saturated carbocycles. The van der Waals surface area contributed by atoms with Crippen LogP contribution in [0.4, 0.5) is 21.2 Å². The number of anilines is 2. The van der Waals surface area contributed by atoms with Crippen LogP contribution in [0.1, 0.15) is 46.1 Å². The van der Waals surface area contributed by atoms with E-state index in [4.69, 9.17) is 4.74 Å². The monoisotopic (exact) mass is 390 g/mol. The van der Waals surface area contributed by atoms with Gasteiger partial charge in [0.1, 0.15) is 23.6 Å². The number of alkyl carbamates (subject to hydrolysis) is 1. The van der Waals surface area contributed by atoms with E-state index in [1.807, 2.05) is 20.8 Å². The summed E-state index contributed by atoms with van der Waals surface area (Å²) < 4.78 is 5.33. The third kappa shape index (κ3) is 4.63. The van der Waals surface area contributed by atoms with Gasteiger partial charge in [-0.25, -0.2) is 19.6 Å². The van der Waals surface area contributed by atoms with Gasteiger partial charge in [-0.05, 0) is 39.0 Å². The molecule has 1 saturated heterocycles. The Morgan fingerprint density at radius 1 is 1.32 bits per heavy atom. The minimum Gasteiger partial charge on any atom is -0.444 e. The molecule has 2 N–H and O–H groups in total. The lowest BCUT2D eigenvalue weighted by Crippen LogP contribution is -2.46. The minimum atomic E-state index is -0.497. The summed E-state index contributed by atoms with van der Waals surface area (Å²) in [4.78, 5) is 36.3. The average Bonchev–Trinajstić information content (AvgIpc) is 2.60. The van der Waals surface area contributed by atoms with Gasteiger partial charge in [-0.3, -0.25) is 5.32 Å². The van der Waals surface area contributed by atoms with E-state index in [2.05, 4.69) is 32.4 Å². The number of urea groups is 1. The molecule has 3 rings (SSSR count). The predicted octanol–water partition coefficient (Wildman–Crippen LogP) is 2.59. The number of aromatic nitrogens is 2. The molecule has 2 aliphatic heterocycles. The third-order valence-corrected chi connectivity index (χ3v) is 5.22. The van der Waals surface area contributed by atoms with E-state index in [1.54, 1.807) is 11.9 Å². The van der Waals surface area contributed by atoms with Gasteiger partial charge in [-0.15, -0.1) is 0 Å². The first kappa shape index (κ1) is 20.2. The number of rotatable bonds is 3. The van der Waals surface area contributed by atoms with Crippen LogP contribution in [-0.2, 0) is 11.3 Å². The highest BCUT2D eigenvalue weighted by molar-refractivity contribution is 5.91. The highest BCUT2D eigenvalue weighted by atomic mass is 16.6. The van der Waals surface area contributed by atoms with E-state index in [0.717, 1.165) is 37.3 Å². The molecule has 0 radical (unpaired) electrons. The van der Waals surface area contributed by atoms with Crippen LogP contribution in [0.15, 0.2) is 6.33 Å². The molecule has 9 heteroatoms. The molecule has 0 unspecified atom stereocenters. The Kier molecular flexibility index (Phi) is 5.36. The molecular weight excluding hydrogens is 360 g/mol. The molecule has 1 fully saturated rings. The Bertz CT molecular complexity index is 753. The van der Waals surface area contributed by atoms with Crippen LogP contribution >= 0.6 is 0 Å². The van der Waals surface area contributed by atoms with Gasteiger partial charge >= 0.3 is 12.1 Å². The second-order valence-electron chi connectivity index (χ2n) is 8.96. The fraction of sp³-hybridized carbons (Fsp3) is 0.684. The maximum Gasteiger partial charge on any atom is 0.407 e. The van der Waals surface area contributed by atoms with Gasteiger partial charge in [0.15, 0.2) is 0 Å². The normalized spacial score (nSPS) is 19.0. The Morgan fingerprint density at radius 3 is 2.64 bits per heavy atom. The van der Waals surface area contributed by atoms with Gasteiger partial charge in [-0.1, -0.05) is 6.92 Å². The summed E-state index contributed by atoms with van der Waals surface area (Å²) in [7, 11) is 1.75. The zero-order chi connectivity index (χ0) is 20.5. The lowest BCUT2D eigenvalue weighted by Gasteiger charge is -2.41. The van der Waals surface area contributed by atoms with Crippen LogP contribution in [0.2, 0.25) is 0 Å². The number of hydrogen-bond acceptors (Lipinski definition) is 6. The second kappa shape index (κ2) is 7.44. The van der Waals surface area contributed by atoms with Gasteiger partial charge in [0.25, 0.3) is 0 Å². The summed E-state index contributed by atoms with van der Waals surface area (Å²) in [6.07, 6.45) is 2.96. The van der Waals surface area contributed by atoms with E-state index >= 15 is 0 Å². The van der Waals surface area contributed by atoms with Gasteiger partial charge in [-0.2, -0.15) is 0 Å². The molecule has 0 aromatic carbocycles. The molecule has 3 heterocycles. The van der Waals surface area contributed by atoms with Crippen molar-refractivity contribution in [1.82, 2.24) is 20.2 Å². The van der Waals surface area contributed by atoms with Crippen molar-refractivity contribution in [2.24, 2.45) is 5.41 Å². The summed E-state index contributed by atoms with van der Waals surface area (Å²) in [5.74, 6) is 1.46. The van der Waals surface area contributed by atoms with Crippen LogP contribution in [0.25, 0.3) is 0 Å². The van der Waals surface area contributed by atoms with E-state index < -0.39 is 5.60 Å². The maximum atomic E-state index is 11.9. The fourth-order valence-electron chi connectivity index (χ4n) is 3.47. The van der Waals surface area contributed by atoms with Crippen molar-refractivity contribution >= 4 is 23.8 Å². The van der Waals surface area contributed by atoms with Crippen molar-refractivity contribution in [3.63, 3.8) is 0 Å². The van der Waals surface area contributed by atoms with Crippen molar-refractivity contribution in [2.75, 3.05) is 36.9 Å². The van der Waals surface area contributed by atoms with Crippen LogP contribution < -0.4 is 15.5 Å². The molecule has 154 valence electrons. The van der Waals surface area contributed by atoms with Crippen molar-refractivity contribution in [1.29, 1.82) is 0 Å². The van der Waals surface area contributed by atoms with Crippen LogP contribution in [0.3, 0.4) is 0 Å². The number of amides is 3. The standard InChI is InChI=1S/C19H30N6O3/c1-18(2,3)28-17(27)20-11-19(4)6-8-25(9-7-19)15-13-10-24(5)16(26)23-14(13)21-12-22-15/h12H,6-11H2,1-5H3,(H,20,27)(H,21,22,23,26). The Labute approximate surface area is 165 Å². The molecule has 2 aliphatic rings. The molecule has 0 atom stereocenters. The van der Waals surface area contributed by atoms with E-state index in [-0.39, 0.29) is 17.5 Å². The summed E-state index contributed by atoms with van der Waals surface area (Å²) in [5.41, 5.74) is 0.453. The van der Waals surface area contributed by atoms with Crippen LogP contribution in [0, 0.1) is 5.41 Å². The molecule has 0 bridgehead atoms. The van der Waals surface area contributed by atoms with Gasteiger partial charge in [0.05, 0.1) is 12.1 Å². The highest BCUT2D eigenvalue weighted by Crippen LogP contribution is 2.35. The lowest BCUT2D eigenvalue weighted by molar-refractivity contribution is 0.0495. The summed E-state index contributed by atoms with van der Waals surface area (Å²) in [5, 5.41) is 5.71. The van der Waals surface area contributed by atoms with E-state index in [9.17, 15) is 9.59 Å². The topological polar surface area (TPSA) is 99.7 Å². The first-order valence-corrected chi connectivity index (χ1v) is 9.64. The van der Waals surface area contributed by atoms with Crippen molar-refractivity contribution in [3.05, 3.63) is 11.9 Å². The zero-order valence-corrected chi connectivity index (χ0v) is 17.3.